The zero-order chi connectivity index (χ0) is 23.1. The third kappa shape index (κ3) is 3.80. The van der Waals surface area contributed by atoms with Gasteiger partial charge in [0, 0.05) is 23.2 Å². The first-order valence-corrected chi connectivity index (χ1v) is 11.0. The van der Waals surface area contributed by atoms with Gasteiger partial charge in [0.2, 0.25) is 0 Å². The Morgan fingerprint density at radius 3 is 1.82 bits per heavy atom. The van der Waals surface area contributed by atoms with Gasteiger partial charge >= 0.3 is 0 Å². The molecule has 0 saturated heterocycles. The third-order valence-electron chi connectivity index (χ3n) is 5.96. The van der Waals surface area contributed by atoms with Gasteiger partial charge in [-0.2, -0.15) is 0 Å². The maximum absolute atomic E-state index is 14.0. The minimum atomic E-state index is -0.621. The lowest BCUT2D eigenvalue weighted by Gasteiger charge is -2.11. The Morgan fingerprint density at radius 1 is 0.441 bits per heavy atom. The average molecular weight is 444 g/mol. The molecule has 162 valence electrons. The molecule has 0 saturated carbocycles. The van der Waals surface area contributed by atoms with Gasteiger partial charge in [0.1, 0.15) is 11.6 Å². The second-order valence-electron chi connectivity index (χ2n) is 8.26. The zero-order valence-corrected chi connectivity index (χ0v) is 18.0. The number of rotatable bonds is 3. The van der Waals surface area contributed by atoms with Crippen molar-refractivity contribution in [1.82, 2.24) is 9.97 Å². The molecule has 0 amide bonds. The molecule has 0 N–H and O–H groups in total. The Morgan fingerprint density at radius 2 is 1.06 bits per heavy atom. The molecule has 34 heavy (non-hydrogen) atoms. The first kappa shape index (κ1) is 20.2. The molecule has 0 aliphatic carbocycles. The fraction of sp³-hybridized carbons (Fsp3) is 0. The number of aromatic nitrogens is 2. The Kier molecular flexibility index (Phi) is 4.84. The van der Waals surface area contributed by atoms with Crippen molar-refractivity contribution in [2.24, 2.45) is 0 Å². The van der Waals surface area contributed by atoms with Crippen LogP contribution in [0.4, 0.5) is 8.78 Å². The normalized spacial score (nSPS) is 11.2. The predicted octanol–water partition coefficient (Wildman–Crippen LogP) is 8.06. The van der Waals surface area contributed by atoms with Crippen LogP contribution in [-0.4, -0.2) is 9.97 Å². The van der Waals surface area contributed by atoms with E-state index in [9.17, 15) is 8.78 Å². The van der Waals surface area contributed by atoms with Crippen molar-refractivity contribution in [1.29, 1.82) is 0 Å². The first-order valence-electron chi connectivity index (χ1n) is 11.0. The molecular weight excluding hydrogens is 426 g/mol. The summed E-state index contributed by atoms with van der Waals surface area (Å²) >= 11 is 0. The van der Waals surface area contributed by atoms with Gasteiger partial charge < -0.3 is 0 Å². The van der Waals surface area contributed by atoms with Gasteiger partial charge in [0.05, 0.1) is 17.1 Å². The largest absolute Gasteiger partial charge is 0.254 e. The van der Waals surface area contributed by atoms with Crippen molar-refractivity contribution in [2.75, 3.05) is 0 Å². The lowest BCUT2D eigenvalue weighted by molar-refractivity contribution is 0.584. The van der Waals surface area contributed by atoms with Gasteiger partial charge in [-0.1, -0.05) is 60.7 Å². The third-order valence-corrected chi connectivity index (χ3v) is 5.96. The molecule has 2 heterocycles. The summed E-state index contributed by atoms with van der Waals surface area (Å²) in [5.74, 6) is -1.24. The van der Waals surface area contributed by atoms with Crippen LogP contribution in [0.25, 0.3) is 55.3 Å². The highest BCUT2D eigenvalue weighted by Gasteiger charge is 2.12. The summed E-state index contributed by atoms with van der Waals surface area (Å²) in [5, 5.41) is 4.30. The standard InChI is InChI=1S/C30H18F2N2/c31-26-12-24(13-27(32)17-26)25-15-28(22-10-9-19-5-1-2-6-20(19)11-22)34-30(16-25)29-14-21-7-3-4-8-23(21)18-33-29/h1-18H. The zero-order valence-electron chi connectivity index (χ0n) is 18.0. The molecule has 0 atom stereocenters. The second kappa shape index (κ2) is 8.16. The summed E-state index contributed by atoms with van der Waals surface area (Å²) in [6, 6.07) is 31.4. The predicted molar refractivity (Wildman–Crippen MR) is 133 cm³/mol. The molecule has 2 nitrogen and oxygen atoms in total. The number of pyridine rings is 2. The summed E-state index contributed by atoms with van der Waals surface area (Å²) in [4.78, 5) is 9.53. The highest BCUT2D eigenvalue weighted by Crippen LogP contribution is 2.32. The van der Waals surface area contributed by atoms with Crippen molar-refractivity contribution in [3.8, 4) is 33.8 Å². The highest BCUT2D eigenvalue weighted by atomic mass is 19.1. The fourth-order valence-corrected chi connectivity index (χ4v) is 4.27. The summed E-state index contributed by atoms with van der Waals surface area (Å²) in [6.07, 6.45) is 1.82. The molecule has 0 aliphatic rings. The van der Waals surface area contributed by atoms with Crippen molar-refractivity contribution in [3.63, 3.8) is 0 Å². The van der Waals surface area contributed by atoms with Crippen molar-refractivity contribution < 1.29 is 8.78 Å². The van der Waals surface area contributed by atoms with Crippen LogP contribution in [0.1, 0.15) is 0 Å². The van der Waals surface area contributed by atoms with Gasteiger partial charge in [0.15, 0.2) is 0 Å². The molecular formula is C30H18F2N2. The monoisotopic (exact) mass is 444 g/mol. The first-order chi connectivity index (χ1) is 16.6. The number of nitrogens with zero attached hydrogens (tertiary/aromatic N) is 2. The summed E-state index contributed by atoms with van der Waals surface area (Å²) in [6.45, 7) is 0. The van der Waals surface area contributed by atoms with Crippen LogP contribution in [0.3, 0.4) is 0 Å². The molecule has 4 aromatic carbocycles. The van der Waals surface area contributed by atoms with Gasteiger partial charge in [-0.05, 0) is 63.7 Å². The van der Waals surface area contributed by atoms with E-state index in [-0.39, 0.29) is 0 Å². The smallest absolute Gasteiger partial charge is 0.126 e. The van der Waals surface area contributed by atoms with Gasteiger partial charge in [-0.3, -0.25) is 4.98 Å². The molecule has 0 unspecified atom stereocenters. The van der Waals surface area contributed by atoms with E-state index in [1.54, 1.807) is 0 Å². The summed E-state index contributed by atoms with van der Waals surface area (Å²) in [7, 11) is 0. The molecule has 6 aromatic rings. The van der Waals surface area contributed by atoms with Crippen molar-refractivity contribution >= 4 is 21.5 Å². The molecule has 4 heteroatoms. The van der Waals surface area contributed by atoms with Crippen LogP contribution >= 0.6 is 0 Å². The Balaban J connectivity index is 1.58. The number of hydrogen-bond donors (Lipinski definition) is 0. The fourth-order valence-electron chi connectivity index (χ4n) is 4.27. The van der Waals surface area contributed by atoms with Crippen LogP contribution in [0.15, 0.2) is 109 Å². The lowest BCUT2D eigenvalue weighted by atomic mass is 9.99. The molecule has 0 fully saturated rings. The van der Waals surface area contributed by atoms with Crippen molar-refractivity contribution in [3.05, 3.63) is 121 Å². The molecule has 0 bridgehead atoms. The van der Waals surface area contributed by atoms with Crippen molar-refractivity contribution in [2.45, 2.75) is 0 Å². The van der Waals surface area contributed by atoms with E-state index >= 15 is 0 Å². The van der Waals surface area contributed by atoms with Crippen LogP contribution in [-0.2, 0) is 0 Å². The van der Waals surface area contributed by atoms with E-state index < -0.39 is 11.6 Å². The molecule has 2 aromatic heterocycles. The van der Waals surface area contributed by atoms with E-state index in [1.807, 2.05) is 66.9 Å². The molecule has 0 aliphatic heterocycles. The van der Waals surface area contributed by atoms with E-state index in [2.05, 4.69) is 29.2 Å². The van der Waals surface area contributed by atoms with Gasteiger partial charge in [0.25, 0.3) is 0 Å². The number of hydrogen-bond acceptors (Lipinski definition) is 2. The molecule has 0 radical (unpaired) electrons. The quantitative estimate of drug-likeness (QED) is 0.276. The Labute approximate surface area is 195 Å². The van der Waals surface area contributed by atoms with Crippen LogP contribution < -0.4 is 0 Å². The summed E-state index contributed by atoms with van der Waals surface area (Å²) in [5.41, 5.74) is 4.07. The van der Waals surface area contributed by atoms with E-state index in [0.717, 1.165) is 33.2 Å². The number of fused-ring (bicyclic) bond motifs is 2. The molecule has 0 spiro atoms. The molecule has 6 rings (SSSR count). The minimum Gasteiger partial charge on any atom is -0.254 e. The maximum Gasteiger partial charge on any atom is 0.126 e. The van der Waals surface area contributed by atoms with Gasteiger partial charge in [-0.25, -0.2) is 13.8 Å². The minimum absolute atomic E-state index is 0.448. The van der Waals surface area contributed by atoms with E-state index in [4.69, 9.17) is 4.98 Å². The topological polar surface area (TPSA) is 25.8 Å². The lowest BCUT2D eigenvalue weighted by Crippen LogP contribution is -1.94. The Bertz CT molecular complexity index is 1570. The SMILES string of the molecule is Fc1cc(F)cc(-c2cc(-c3ccc4ccccc4c3)nc(-c3cc4ccccc4cn3)c2)c1. The number of benzene rings is 4. The van der Waals surface area contributed by atoms with Crippen LogP contribution in [0.5, 0.6) is 0 Å². The van der Waals surface area contributed by atoms with E-state index in [1.165, 1.54) is 12.1 Å². The highest BCUT2D eigenvalue weighted by molar-refractivity contribution is 5.89. The maximum atomic E-state index is 14.0. The van der Waals surface area contributed by atoms with Gasteiger partial charge in [-0.15, -0.1) is 0 Å². The summed E-state index contributed by atoms with van der Waals surface area (Å²) < 4.78 is 28.1. The van der Waals surface area contributed by atoms with Crippen LogP contribution in [0.2, 0.25) is 0 Å². The second-order valence-corrected chi connectivity index (χ2v) is 8.26. The number of halogens is 2. The van der Waals surface area contributed by atoms with Crippen LogP contribution in [0, 0.1) is 11.6 Å². The average Bonchev–Trinajstić information content (AvgIpc) is 2.87. The van der Waals surface area contributed by atoms with E-state index in [0.29, 0.717) is 28.2 Å². The Hall–Kier alpha value is -4.44.